The summed E-state index contributed by atoms with van der Waals surface area (Å²) in [6.45, 7) is 7.35. The fourth-order valence-electron chi connectivity index (χ4n) is 3.53. The molecule has 2 aromatic heterocycles. The standard InChI is InChI=1S/C18H25N5O/c1-2-24-13-16-11-22(9-15-5-7-19-8-6-15)12-17-18(16)23(21-20-17)10-14-3-4-14/h5-8,14,16H,2-4,9-13H2,1H3/t16-/m0/s1. The van der Waals surface area contributed by atoms with E-state index in [4.69, 9.17) is 4.74 Å². The van der Waals surface area contributed by atoms with Crippen LogP contribution in [0.4, 0.5) is 0 Å². The minimum absolute atomic E-state index is 0.351. The summed E-state index contributed by atoms with van der Waals surface area (Å²) in [4.78, 5) is 6.54. The molecule has 4 rings (SSSR count). The van der Waals surface area contributed by atoms with E-state index in [9.17, 15) is 0 Å². The van der Waals surface area contributed by atoms with Gasteiger partial charge in [0, 0.05) is 51.1 Å². The first-order chi connectivity index (χ1) is 11.8. The van der Waals surface area contributed by atoms with Crippen LogP contribution in [-0.4, -0.2) is 44.6 Å². The maximum atomic E-state index is 5.77. The molecule has 0 unspecified atom stereocenters. The van der Waals surface area contributed by atoms with E-state index in [1.54, 1.807) is 0 Å². The molecule has 0 radical (unpaired) electrons. The lowest BCUT2D eigenvalue weighted by molar-refractivity contribution is 0.101. The third-order valence-electron chi connectivity index (χ3n) is 4.89. The van der Waals surface area contributed by atoms with Crippen molar-refractivity contribution >= 4 is 0 Å². The van der Waals surface area contributed by atoms with E-state index < -0.39 is 0 Å². The van der Waals surface area contributed by atoms with Gasteiger partial charge in [-0.2, -0.15) is 0 Å². The number of aromatic nitrogens is 4. The van der Waals surface area contributed by atoms with E-state index in [1.165, 1.54) is 24.1 Å². The Morgan fingerprint density at radius 1 is 1.25 bits per heavy atom. The number of fused-ring (bicyclic) bond motifs is 1. The quantitative estimate of drug-likeness (QED) is 0.780. The van der Waals surface area contributed by atoms with Gasteiger partial charge in [-0.05, 0) is 43.4 Å². The number of ether oxygens (including phenoxy) is 1. The van der Waals surface area contributed by atoms with Crippen molar-refractivity contribution in [2.24, 2.45) is 5.92 Å². The number of hydrogen-bond acceptors (Lipinski definition) is 5. The van der Waals surface area contributed by atoms with E-state index in [-0.39, 0.29) is 0 Å². The van der Waals surface area contributed by atoms with Crippen molar-refractivity contribution in [2.75, 3.05) is 19.8 Å². The second-order valence-electron chi connectivity index (χ2n) is 6.93. The average molecular weight is 327 g/mol. The van der Waals surface area contributed by atoms with Crippen LogP contribution in [0.1, 0.15) is 42.6 Å². The summed E-state index contributed by atoms with van der Waals surface area (Å²) in [7, 11) is 0. The first-order valence-corrected chi connectivity index (χ1v) is 8.94. The van der Waals surface area contributed by atoms with Crippen LogP contribution in [0.25, 0.3) is 0 Å². The lowest BCUT2D eigenvalue weighted by atomic mass is 9.98. The predicted molar refractivity (Wildman–Crippen MR) is 90.3 cm³/mol. The van der Waals surface area contributed by atoms with Crippen LogP contribution in [0, 0.1) is 5.92 Å². The van der Waals surface area contributed by atoms with Crippen molar-refractivity contribution in [1.82, 2.24) is 24.9 Å². The third kappa shape index (κ3) is 3.49. The molecule has 0 aromatic carbocycles. The fraction of sp³-hybridized carbons (Fsp3) is 0.611. The molecular formula is C18H25N5O. The van der Waals surface area contributed by atoms with E-state index >= 15 is 0 Å². The van der Waals surface area contributed by atoms with Crippen LogP contribution in [0.15, 0.2) is 24.5 Å². The van der Waals surface area contributed by atoms with E-state index in [2.05, 4.69) is 43.9 Å². The molecule has 1 atom stereocenters. The van der Waals surface area contributed by atoms with Gasteiger partial charge in [0.2, 0.25) is 0 Å². The SMILES string of the molecule is CCOC[C@@H]1CN(Cc2ccncc2)Cc2nnn(CC3CC3)c21. The zero-order valence-electron chi connectivity index (χ0n) is 14.3. The van der Waals surface area contributed by atoms with Gasteiger partial charge < -0.3 is 4.74 Å². The Kier molecular flexibility index (Phi) is 4.58. The summed E-state index contributed by atoms with van der Waals surface area (Å²) in [5, 5.41) is 8.94. The van der Waals surface area contributed by atoms with Gasteiger partial charge in [-0.3, -0.25) is 9.88 Å². The number of hydrogen-bond donors (Lipinski definition) is 0. The molecule has 2 aromatic rings. The van der Waals surface area contributed by atoms with Crippen molar-refractivity contribution in [3.8, 4) is 0 Å². The highest BCUT2D eigenvalue weighted by atomic mass is 16.5. The molecule has 24 heavy (non-hydrogen) atoms. The molecule has 0 N–H and O–H groups in total. The summed E-state index contributed by atoms with van der Waals surface area (Å²) in [5.74, 6) is 1.16. The van der Waals surface area contributed by atoms with Crippen LogP contribution < -0.4 is 0 Å². The molecule has 1 fully saturated rings. The maximum absolute atomic E-state index is 5.77. The van der Waals surface area contributed by atoms with Crippen LogP contribution in [0.3, 0.4) is 0 Å². The molecule has 1 saturated carbocycles. The summed E-state index contributed by atoms with van der Waals surface area (Å²) in [5.41, 5.74) is 3.72. The summed E-state index contributed by atoms with van der Waals surface area (Å²) < 4.78 is 7.92. The van der Waals surface area contributed by atoms with Crippen molar-refractivity contribution in [3.63, 3.8) is 0 Å². The van der Waals surface area contributed by atoms with Gasteiger partial charge in [0.15, 0.2) is 0 Å². The van der Waals surface area contributed by atoms with Crippen molar-refractivity contribution in [1.29, 1.82) is 0 Å². The maximum Gasteiger partial charge on any atom is 0.100 e. The second kappa shape index (κ2) is 6.99. The van der Waals surface area contributed by atoms with Crippen LogP contribution >= 0.6 is 0 Å². The fourth-order valence-corrected chi connectivity index (χ4v) is 3.53. The second-order valence-corrected chi connectivity index (χ2v) is 6.93. The third-order valence-corrected chi connectivity index (χ3v) is 4.89. The molecular weight excluding hydrogens is 302 g/mol. The molecule has 0 bridgehead atoms. The van der Waals surface area contributed by atoms with Gasteiger partial charge in [-0.15, -0.1) is 5.10 Å². The van der Waals surface area contributed by atoms with Crippen LogP contribution in [0.5, 0.6) is 0 Å². The topological polar surface area (TPSA) is 56.1 Å². The van der Waals surface area contributed by atoms with E-state index in [0.29, 0.717) is 5.92 Å². The highest BCUT2D eigenvalue weighted by Gasteiger charge is 2.33. The van der Waals surface area contributed by atoms with Crippen molar-refractivity contribution < 1.29 is 4.74 Å². The predicted octanol–water partition coefficient (Wildman–Crippen LogP) is 2.22. The lowest BCUT2D eigenvalue weighted by Gasteiger charge is -2.32. The van der Waals surface area contributed by atoms with Crippen LogP contribution in [0.2, 0.25) is 0 Å². The minimum Gasteiger partial charge on any atom is -0.381 e. The van der Waals surface area contributed by atoms with Gasteiger partial charge in [0.05, 0.1) is 12.3 Å². The Bertz CT molecular complexity index is 667. The molecule has 0 spiro atoms. The molecule has 1 aliphatic carbocycles. The van der Waals surface area contributed by atoms with Crippen molar-refractivity contribution in [2.45, 2.75) is 45.3 Å². The van der Waals surface area contributed by atoms with Gasteiger partial charge in [-0.25, -0.2) is 4.68 Å². The molecule has 3 heterocycles. The molecule has 6 nitrogen and oxygen atoms in total. The number of pyridine rings is 1. The number of rotatable bonds is 7. The molecule has 0 amide bonds. The smallest absolute Gasteiger partial charge is 0.100 e. The summed E-state index contributed by atoms with van der Waals surface area (Å²) >= 11 is 0. The van der Waals surface area contributed by atoms with Gasteiger partial charge in [0.1, 0.15) is 5.69 Å². The van der Waals surface area contributed by atoms with Crippen molar-refractivity contribution in [3.05, 3.63) is 41.5 Å². The Balaban J connectivity index is 1.53. The zero-order chi connectivity index (χ0) is 16.4. The first-order valence-electron chi connectivity index (χ1n) is 8.94. The Hall–Kier alpha value is -1.79. The Morgan fingerprint density at radius 2 is 2.08 bits per heavy atom. The van der Waals surface area contributed by atoms with E-state index in [0.717, 1.165) is 51.0 Å². The highest BCUT2D eigenvalue weighted by molar-refractivity contribution is 5.21. The molecule has 1 aliphatic heterocycles. The highest BCUT2D eigenvalue weighted by Crippen LogP contribution is 2.34. The van der Waals surface area contributed by atoms with Gasteiger partial charge in [0.25, 0.3) is 0 Å². The number of nitrogens with zero attached hydrogens (tertiary/aromatic N) is 5. The van der Waals surface area contributed by atoms with Gasteiger partial charge >= 0.3 is 0 Å². The first kappa shape index (κ1) is 15.7. The monoisotopic (exact) mass is 327 g/mol. The molecule has 128 valence electrons. The van der Waals surface area contributed by atoms with E-state index in [1.807, 2.05) is 12.4 Å². The minimum atomic E-state index is 0.351. The lowest BCUT2D eigenvalue weighted by Crippen LogP contribution is -2.36. The average Bonchev–Trinajstić information content (AvgIpc) is 3.33. The zero-order valence-corrected chi connectivity index (χ0v) is 14.3. The molecule has 0 saturated heterocycles. The summed E-state index contributed by atoms with van der Waals surface area (Å²) in [6, 6.07) is 4.16. The normalized spacial score (nSPS) is 21.0. The largest absolute Gasteiger partial charge is 0.381 e. The summed E-state index contributed by atoms with van der Waals surface area (Å²) in [6.07, 6.45) is 6.38. The molecule has 6 heteroatoms. The Labute approximate surface area is 142 Å². The Morgan fingerprint density at radius 3 is 2.83 bits per heavy atom. The van der Waals surface area contributed by atoms with Crippen LogP contribution in [-0.2, 0) is 24.4 Å². The van der Waals surface area contributed by atoms with Gasteiger partial charge in [-0.1, -0.05) is 5.21 Å². The molecule has 2 aliphatic rings.